The topological polar surface area (TPSA) is 64.4 Å². The Morgan fingerprint density at radius 1 is 1.62 bits per heavy atom. The fourth-order valence-corrected chi connectivity index (χ4v) is 0.885. The molecule has 0 atom stereocenters. The lowest BCUT2D eigenvalue weighted by atomic mass is 10.3. The molecular formula is C8H10N2O3. The molecule has 70 valence electrons. The molecule has 0 spiro atoms. The number of methoxy groups -OCH3 is 1. The highest BCUT2D eigenvalue weighted by Gasteiger charge is 2.04. The molecule has 1 aromatic carbocycles. The molecule has 0 heterocycles. The van der Waals surface area contributed by atoms with Gasteiger partial charge in [-0.3, -0.25) is 10.1 Å². The van der Waals surface area contributed by atoms with Crippen molar-refractivity contribution in [1.82, 2.24) is 0 Å². The molecule has 0 aromatic heterocycles. The summed E-state index contributed by atoms with van der Waals surface area (Å²) in [6, 6.07) is 6.26. The van der Waals surface area contributed by atoms with Crippen LogP contribution in [0.25, 0.3) is 0 Å². The molecule has 0 saturated carbocycles. The van der Waals surface area contributed by atoms with E-state index in [9.17, 15) is 10.1 Å². The highest BCUT2D eigenvalue weighted by Crippen LogP contribution is 2.16. The van der Waals surface area contributed by atoms with E-state index in [1.807, 2.05) is 0 Å². The average molecular weight is 182 g/mol. The first-order chi connectivity index (χ1) is 6.24. The van der Waals surface area contributed by atoms with E-state index in [0.717, 1.165) is 0 Å². The average Bonchev–Trinajstić information content (AvgIpc) is 2.15. The zero-order valence-corrected chi connectivity index (χ0v) is 7.19. The quantitative estimate of drug-likeness (QED) is 0.436. The van der Waals surface area contributed by atoms with E-state index in [4.69, 9.17) is 4.74 Å². The minimum atomic E-state index is -0.433. The van der Waals surface area contributed by atoms with E-state index in [2.05, 4.69) is 5.32 Å². The summed E-state index contributed by atoms with van der Waals surface area (Å²) in [7, 11) is 1.55. The molecular weight excluding hydrogens is 172 g/mol. The van der Waals surface area contributed by atoms with Crippen LogP contribution in [-0.4, -0.2) is 18.8 Å². The van der Waals surface area contributed by atoms with Gasteiger partial charge in [0.25, 0.3) is 5.69 Å². The molecule has 13 heavy (non-hydrogen) atoms. The molecule has 0 aliphatic heterocycles. The van der Waals surface area contributed by atoms with Gasteiger partial charge in [-0.15, -0.1) is 0 Å². The number of anilines is 1. The maximum absolute atomic E-state index is 10.4. The number of hydrogen-bond donors (Lipinski definition) is 1. The standard InChI is InChI=1S/C8H10N2O3/c1-13-6-9-7-3-2-4-8(5-7)10(11)12/h2-5,9H,6H2,1H3. The Hall–Kier alpha value is -1.62. The van der Waals surface area contributed by atoms with Crippen molar-refractivity contribution in [3.05, 3.63) is 34.4 Å². The second kappa shape index (κ2) is 4.42. The zero-order chi connectivity index (χ0) is 9.68. The van der Waals surface area contributed by atoms with Crippen LogP contribution in [0.1, 0.15) is 0 Å². The predicted octanol–water partition coefficient (Wildman–Crippen LogP) is 1.61. The maximum atomic E-state index is 10.4. The first kappa shape index (κ1) is 9.47. The van der Waals surface area contributed by atoms with Crippen molar-refractivity contribution >= 4 is 11.4 Å². The monoisotopic (exact) mass is 182 g/mol. The van der Waals surface area contributed by atoms with Crippen molar-refractivity contribution in [2.45, 2.75) is 0 Å². The van der Waals surface area contributed by atoms with Gasteiger partial charge in [-0.1, -0.05) is 6.07 Å². The summed E-state index contributed by atoms with van der Waals surface area (Å²) in [5.74, 6) is 0. The van der Waals surface area contributed by atoms with Crippen LogP contribution in [0.4, 0.5) is 11.4 Å². The number of nitrogens with zero attached hydrogens (tertiary/aromatic N) is 1. The molecule has 1 N–H and O–H groups in total. The summed E-state index contributed by atoms with van der Waals surface area (Å²) < 4.78 is 4.77. The fraction of sp³-hybridized carbons (Fsp3) is 0.250. The lowest BCUT2D eigenvalue weighted by molar-refractivity contribution is -0.384. The number of nitrogens with one attached hydrogen (secondary N) is 1. The van der Waals surface area contributed by atoms with Crippen LogP contribution in [0.2, 0.25) is 0 Å². The minimum absolute atomic E-state index is 0.0705. The van der Waals surface area contributed by atoms with Crippen molar-refractivity contribution in [1.29, 1.82) is 0 Å². The molecule has 0 unspecified atom stereocenters. The highest BCUT2D eigenvalue weighted by molar-refractivity contribution is 5.50. The van der Waals surface area contributed by atoms with Gasteiger partial charge >= 0.3 is 0 Å². The lowest BCUT2D eigenvalue weighted by Crippen LogP contribution is -2.02. The molecule has 0 aliphatic carbocycles. The number of non-ortho nitro benzene ring substituents is 1. The molecule has 0 fully saturated rings. The number of ether oxygens (including phenoxy) is 1. The molecule has 5 heteroatoms. The molecule has 1 aromatic rings. The third-order valence-corrected chi connectivity index (χ3v) is 1.48. The third-order valence-electron chi connectivity index (χ3n) is 1.48. The van der Waals surface area contributed by atoms with Crippen LogP contribution in [0.3, 0.4) is 0 Å². The summed E-state index contributed by atoms with van der Waals surface area (Å²) in [6.07, 6.45) is 0. The van der Waals surface area contributed by atoms with Crippen molar-refractivity contribution < 1.29 is 9.66 Å². The maximum Gasteiger partial charge on any atom is 0.271 e. The van der Waals surface area contributed by atoms with Gasteiger partial charge in [0.1, 0.15) is 6.73 Å². The van der Waals surface area contributed by atoms with Gasteiger partial charge in [-0.2, -0.15) is 0 Å². The van der Waals surface area contributed by atoms with Crippen LogP contribution >= 0.6 is 0 Å². The summed E-state index contributed by atoms with van der Waals surface area (Å²) in [5, 5.41) is 13.2. The van der Waals surface area contributed by atoms with Crippen LogP contribution in [-0.2, 0) is 4.74 Å². The van der Waals surface area contributed by atoms with Gasteiger partial charge < -0.3 is 10.1 Å². The van der Waals surface area contributed by atoms with E-state index in [-0.39, 0.29) is 5.69 Å². The first-order valence-corrected chi connectivity index (χ1v) is 3.71. The summed E-state index contributed by atoms with van der Waals surface area (Å²) in [4.78, 5) is 9.94. The molecule has 0 amide bonds. The van der Waals surface area contributed by atoms with Gasteiger partial charge in [-0.25, -0.2) is 0 Å². The zero-order valence-electron chi connectivity index (χ0n) is 7.19. The molecule has 0 bridgehead atoms. The third kappa shape index (κ3) is 2.72. The van der Waals surface area contributed by atoms with Gasteiger partial charge in [0.15, 0.2) is 0 Å². The van der Waals surface area contributed by atoms with E-state index in [1.54, 1.807) is 19.2 Å². The molecule has 0 aliphatic rings. The van der Waals surface area contributed by atoms with Crippen LogP contribution in [0.15, 0.2) is 24.3 Å². The van der Waals surface area contributed by atoms with Gasteiger partial charge in [-0.05, 0) is 6.07 Å². The largest absolute Gasteiger partial charge is 0.365 e. The van der Waals surface area contributed by atoms with Gasteiger partial charge in [0.2, 0.25) is 0 Å². The summed E-state index contributed by atoms with van der Waals surface area (Å²) >= 11 is 0. The van der Waals surface area contributed by atoms with Gasteiger partial charge in [0, 0.05) is 24.9 Å². The Balaban J connectivity index is 2.73. The number of nitro benzene ring substituents is 1. The normalized spacial score (nSPS) is 9.62. The Kier molecular flexibility index (Phi) is 3.22. The minimum Gasteiger partial charge on any atom is -0.365 e. The highest BCUT2D eigenvalue weighted by atomic mass is 16.6. The summed E-state index contributed by atoms with van der Waals surface area (Å²) in [5.41, 5.74) is 0.747. The van der Waals surface area contributed by atoms with Crippen LogP contribution in [0.5, 0.6) is 0 Å². The second-order valence-electron chi connectivity index (χ2n) is 2.42. The van der Waals surface area contributed by atoms with Gasteiger partial charge in [0.05, 0.1) is 4.92 Å². The summed E-state index contributed by atoms with van der Waals surface area (Å²) in [6.45, 7) is 0.334. The number of nitro groups is 1. The SMILES string of the molecule is COCNc1cccc([N+](=O)[O-])c1. The molecule has 0 radical (unpaired) electrons. The van der Waals surface area contributed by atoms with Crippen LogP contribution < -0.4 is 5.32 Å². The second-order valence-corrected chi connectivity index (χ2v) is 2.42. The predicted molar refractivity (Wildman–Crippen MR) is 48.6 cm³/mol. The van der Waals surface area contributed by atoms with Crippen molar-refractivity contribution in [2.75, 3.05) is 19.2 Å². The van der Waals surface area contributed by atoms with E-state index in [1.165, 1.54) is 12.1 Å². The Morgan fingerprint density at radius 3 is 3.00 bits per heavy atom. The van der Waals surface area contributed by atoms with E-state index >= 15 is 0 Å². The Labute approximate surface area is 75.5 Å². The smallest absolute Gasteiger partial charge is 0.271 e. The molecule has 1 rings (SSSR count). The molecule has 5 nitrogen and oxygen atoms in total. The molecule has 0 saturated heterocycles. The number of hydrogen-bond acceptors (Lipinski definition) is 4. The number of benzene rings is 1. The van der Waals surface area contributed by atoms with Crippen molar-refractivity contribution in [2.24, 2.45) is 0 Å². The van der Waals surface area contributed by atoms with E-state index in [0.29, 0.717) is 12.4 Å². The van der Waals surface area contributed by atoms with Crippen molar-refractivity contribution in [3.63, 3.8) is 0 Å². The van der Waals surface area contributed by atoms with Crippen LogP contribution in [0, 0.1) is 10.1 Å². The Bertz CT molecular complexity index is 301. The fourth-order valence-electron chi connectivity index (χ4n) is 0.885. The number of rotatable bonds is 4. The van der Waals surface area contributed by atoms with Crippen molar-refractivity contribution in [3.8, 4) is 0 Å². The first-order valence-electron chi connectivity index (χ1n) is 3.71. The Morgan fingerprint density at radius 2 is 2.38 bits per heavy atom. The lowest BCUT2D eigenvalue weighted by Gasteiger charge is -2.03. The van der Waals surface area contributed by atoms with E-state index < -0.39 is 4.92 Å².